The van der Waals surface area contributed by atoms with Crippen LogP contribution >= 0.6 is 7.82 Å². The summed E-state index contributed by atoms with van der Waals surface area (Å²) in [5.74, 6) is -2.73. The Morgan fingerprint density at radius 3 is 1.33 bits per heavy atom. The molecule has 0 saturated carbocycles. The van der Waals surface area contributed by atoms with Gasteiger partial charge in [-0.25, -0.2) is 4.57 Å². The van der Waals surface area contributed by atoms with E-state index in [1.807, 2.05) is 60.7 Å². The van der Waals surface area contributed by atoms with Gasteiger partial charge in [0.2, 0.25) is 0 Å². The van der Waals surface area contributed by atoms with Crippen LogP contribution in [0, 0.1) is 0 Å². The van der Waals surface area contributed by atoms with E-state index in [2.05, 4.69) is 0 Å². The van der Waals surface area contributed by atoms with Crippen molar-refractivity contribution in [1.29, 1.82) is 0 Å². The average Bonchev–Trinajstić information content (AvgIpc) is 3.06. The first-order chi connectivity index (χ1) is 22.6. The Bertz CT molecular complexity index is 1650. The van der Waals surface area contributed by atoms with Crippen molar-refractivity contribution in [3.63, 3.8) is 0 Å². The van der Waals surface area contributed by atoms with Crippen molar-refractivity contribution >= 4 is 31.3 Å². The van der Waals surface area contributed by atoms with Gasteiger partial charge < -0.3 is 23.4 Å². The second kappa shape index (κ2) is 18.5. The average molecular weight is 681 g/mol. The summed E-state index contributed by atoms with van der Waals surface area (Å²) >= 11 is 0. The first kappa shape index (κ1) is 38.4. The van der Waals surface area contributed by atoms with Gasteiger partial charge in [0.15, 0.2) is 11.6 Å². The van der Waals surface area contributed by atoms with Crippen molar-refractivity contribution in [2.45, 2.75) is 52.4 Å². The number of phosphoric acid groups is 1. The number of aryl methyl sites for hydroxylation is 2. The van der Waals surface area contributed by atoms with E-state index < -0.39 is 19.8 Å². The number of esters is 2. The molecule has 0 amide bonds. The Kier molecular flexibility index (Phi) is 14.8. The van der Waals surface area contributed by atoms with Crippen LogP contribution in [0.5, 0.6) is 23.0 Å². The van der Waals surface area contributed by atoms with Gasteiger partial charge in [0.1, 0.15) is 23.0 Å². The molecule has 0 N–H and O–H groups in total. The third kappa shape index (κ3) is 11.6. The molecule has 0 saturated heterocycles. The fourth-order valence-corrected chi connectivity index (χ4v) is 5.27. The summed E-state index contributed by atoms with van der Waals surface area (Å²) < 4.78 is 33.9. The van der Waals surface area contributed by atoms with E-state index in [-0.39, 0.29) is 101 Å². The molecule has 0 heterocycles. The van der Waals surface area contributed by atoms with E-state index in [1.165, 1.54) is 24.3 Å². The molecule has 244 valence electrons. The van der Waals surface area contributed by atoms with Gasteiger partial charge in [-0.05, 0) is 48.2 Å². The third-order valence-corrected chi connectivity index (χ3v) is 7.80. The number of hydrogen-bond acceptors (Lipinski definition) is 10. The van der Waals surface area contributed by atoms with Gasteiger partial charge in [-0.15, -0.1) is 0 Å². The molecule has 0 aromatic heterocycles. The van der Waals surface area contributed by atoms with Crippen LogP contribution < -0.4 is 53.0 Å². The van der Waals surface area contributed by atoms with Gasteiger partial charge in [0.05, 0.1) is 11.1 Å². The van der Waals surface area contributed by atoms with Crippen LogP contribution in [-0.4, -0.2) is 23.5 Å². The first-order valence-electron chi connectivity index (χ1n) is 15.1. The fourth-order valence-electron chi connectivity index (χ4n) is 4.49. The molecule has 48 heavy (non-hydrogen) atoms. The summed E-state index contributed by atoms with van der Waals surface area (Å²) in [6.45, 7) is 3.15. The van der Waals surface area contributed by atoms with E-state index in [0.717, 1.165) is 23.3 Å². The van der Waals surface area contributed by atoms with E-state index >= 15 is 0 Å². The summed E-state index contributed by atoms with van der Waals surface area (Å²) in [6.07, 6.45) is 1.19. The molecular formula is C36H34NaO10P. The zero-order valence-electron chi connectivity index (χ0n) is 27.0. The molecular weight excluding hydrogens is 646 g/mol. The molecule has 10 nitrogen and oxygen atoms in total. The number of benzene rings is 4. The number of carbonyl (C=O) groups excluding carboxylic acids is 4. The van der Waals surface area contributed by atoms with Gasteiger partial charge in [0, 0.05) is 37.8 Å². The van der Waals surface area contributed by atoms with Crippen LogP contribution in [0.3, 0.4) is 0 Å². The summed E-state index contributed by atoms with van der Waals surface area (Å²) in [5, 5.41) is 0. The van der Waals surface area contributed by atoms with Crippen LogP contribution in [0.15, 0.2) is 97.1 Å². The molecule has 4 aromatic carbocycles. The molecule has 0 aliphatic rings. The van der Waals surface area contributed by atoms with Crippen molar-refractivity contribution in [3.05, 3.63) is 119 Å². The van der Waals surface area contributed by atoms with Crippen molar-refractivity contribution in [1.82, 2.24) is 0 Å². The molecule has 4 rings (SSSR count). The van der Waals surface area contributed by atoms with Crippen LogP contribution in [0.25, 0.3) is 0 Å². The zero-order chi connectivity index (χ0) is 33.8. The van der Waals surface area contributed by atoms with Gasteiger partial charge in [-0.1, -0.05) is 74.5 Å². The van der Waals surface area contributed by atoms with E-state index in [0.29, 0.717) is 12.8 Å². The first-order valence-corrected chi connectivity index (χ1v) is 16.6. The van der Waals surface area contributed by atoms with E-state index in [4.69, 9.17) is 18.5 Å². The number of Topliss-reactive ketones (excluding diaryl/α,β-unsaturated/α-hetero) is 2. The maximum atomic E-state index is 13.0. The minimum Gasteiger partial charge on any atom is -0.736 e. The fraction of sp³-hybridized carbons (Fsp3) is 0.222. The Balaban J connectivity index is 0.00000625. The summed E-state index contributed by atoms with van der Waals surface area (Å²) in [5.41, 5.74) is 2.09. The van der Waals surface area contributed by atoms with Crippen molar-refractivity contribution in [3.8, 4) is 23.0 Å². The zero-order valence-corrected chi connectivity index (χ0v) is 29.9. The Morgan fingerprint density at radius 1 is 0.604 bits per heavy atom. The number of rotatable bonds is 16. The van der Waals surface area contributed by atoms with Crippen molar-refractivity contribution < 1.29 is 76.7 Å². The second-order valence-corrected chi connectivity index (χ2v) is 11.7. The Morgan fingerprint density at radius 2 is 0.979 bits per heavy atom. The van der Waals surface area contributed by atoms with Crippen LogP contribution in [0.4, 0.5) is 0 Å². The maximum absolute atomic E-state index is 13.0. The quantitative estimate of drug-likeness (QED) is 0.0562. The molecule has 0 fully saturated rings. The molecule has 4 aromatic rings. The standard InChI is InChI=1S/C36H35O10P.Na/c1-3-35(39)43-33-23-27(17-19-29(33)31(37)21-15-25-11-7-5-8-12-25)45-47(41,42)46-28-18-20-30(34(24-28)44-36(40)4-2)32(38)22-16-26-13-9-6-10-14-26;/h5-14,17-20,23-24H,3-4,15-16,21-22H2,1-2H3,(H,41,42);/q;+1/p-1. The second-order valence-electron chi connectivity index (χ2n) is 10.4. The van der Waals surface area contributed by atoms with Crippen LogP contribution in [-0.2, 0) is 27.0 Å². The summed E-state index contributed by atoms with van der Waals surface area (Å²) in [6, 6.07) is 26.1. The Labute approximate surface area is 301 Å². The van der Waals surface area contributed by atoms with Crippen LogP contribution in [0.2, 0.25) is 0 Å². The van der Waals surface area contributed by atoms with Crippen LogP contribution in [0.1, 0.15) is 71.4 Å². The molecule has 0 spiro atoms. The largest absolute Gasteiger partial charge is 1.00 e. The molecule has 0 radical (unpaired) electrons. The van der Waals surface area contributed by atoms with Gasteiger partial charge in [-0.3, -0.25) is 19.2 Å². The predicted octanol–water partition coefficient (Wildman–Crippen LogP) is 3.88. The van der Waals surface area contributed by atoms with Gasteiger partial charge >= 0.3 is 49.3 Å². The molecule has 0 unspecified atom stereocenters. The number of carbonyl (C=O) groups is 4. The predicted molar refractivity (Wildman–Crippen MR) is 172 cm³/mol. The van der Waals surface area contributed by atoms with E-state index in [9.17, 15) is 28.6 Å². The SMILES string of the molecule is CCC(=O)Oc1cc(OP(=O)([O-])Oc2ccc(C(=O)CCc3ccccc3)c(OC(=O)CC)c2)ccc1C(=O)CCc1ccccc1.[Na+]. The number of hydrogen-bond donors (Lipinski definition) is 0. The molecule has 0 bridgehead atoms. The Hall–Kier alpha value is -4.05. The third-order valence-electron chi connectivity index (χ3n) is 6.93. The number of ether oxygens (including phenoxy) is 2. The summed E-state index contributed by atoms with van der Waals surface area (Å²) in [7, 11) is -5.14. The molecule has 12 heteroatoms. The molecule has 0 aliphatic heterocycles. The number of phosphoric ester groups is 1. The minimum absolute atomic E-state index is 0. The van der Waals surface area contributed by atoms with E-state index in [1.54, 1.807) is 13.8 Å². The molecule has 0 aliphatic carbocycles. The maximum Gasteiger partial charge on any atom is 1.00 e. The minimum atomic E-state index is -5.14. The van der Waals surface area contributed by atoms with Crippen molar-refractivity contribution in [2.24, 2.45) is 0 Å². The monoisotopic (exact) mass is 680 g/mol. The van der Waals surface area contributed by atoms with Gasteiger partial charge in [-0.2, -0.15) is 0 Å². The van der Waals surface area contributed by atoms with Crippen molar-refractivity contribution in [2.75, 3.05) is 0 Å². The normalized spacial score (nSPS) is 10.7. The van der Waals surface area contributed by atoms with Gasteiger partial charge in [0.25, 0.3) is 0 Å². The smallest absolute Gasteiger partial charge is 0.736 e. The summed E-state index contributed by atoms with van der Waals surface area (Å²) in [4.78, 5) is 63.2. The topological polar surface area (TPSA) is 145 Å². The number of ketones is 2. The molecule has 0 atom stereocenters.